The first-order chi connectivity index (χ1) is 10.4. The van der Waals surface area contributed by atoms with Crippen LogP contribution < -0.4 is 0 Å². The maximum absolute atomic E-state index is 12.2. The van der Waals surface area contributed by atoms with Crippen molar-refractivity contribution in [2.45, 2.75) is 51.5 Å². The third-order valence-corrected chi connectivity index (χ3v) is 3.88. The Morgan fingerprint density at radius 3 is 2.68 bits per heavy atom. The van der Waals surface area contributed by atoms with Crippen LogP contribution in [0.3, 0.4) is 0 Å². The van der Waals surface area contributed by atoms with Gasteiger partial charge in [0.15, 0.2) is 0 Å². The molecule has 0 N–H and O–H groups in total. The molecule has 1 aromatic rings. The molecule has 22 heavy (non-hydrogen) atoms. The number of nitrogens with zero attached hydrogens (tertiary/aromatic N) is 2. The van der Waals surface area contributed by atoms with Crippen LogP contribution in [0.4, 0.5) is 4.79 Å². The fraction of sp³-hybridized carbons (Fsp3) is 0.588. The maximum atomic E-state index is 12.2. The van der Waals surface area contributed by atoms with Gasteiger partial charge in [-0.1, -0.05) is 30.3 Å². The molecule has 0 saturated carbocycles. The first kappa shape index (κ1) is 15.3. The minimum Gasteiger partial charge on any atom is -0.442 e. The molecule has 0 radical (unpaired) electrons. The van der Waals surface area contributed by atoms with Gasteiger partial charge in [0, 0.05) is 26.1 Å². The summed E-state index contributed by atoms with van der Waals surface area (Å²) in [6, 6.07) is 10.5. The first-order valence-electron chi connectivity index (χ1n) is 7.86. The average Bonchev–Trinajstić information content (AvgIpc) is 2.73. The van der Waals surface area contributed by atoms with Crippen molar-refractivity contribution in [2.75, 3.05) is 13.1 Å². The van der Waals surface area contributed by atoms with Gasteiger partial charge in [0.05, 0.1) is 6.04 Å². The number of hydrogen-bond donors (Lipinski definition) is 0. The minimum absolute atomic E-state index is 0.0787. The van der Waals surface area contributed by atoms with Gasteiger partial charge in [0.2, 0.25) is 0 Å². The largest absolute Gasteiger partial charge is 0.442 e. The molecule has 2 atom stereocenters. The Morgan fingerprint density at radius 2 is 2.00 bits per heavy atom. The monoisotopic (exact) mass is 304 g/mol. The number of fused-ring (bicyclic) bond motifs is 2. The summed E-state index contributed by atoms with van der Waals surface area (Å²) in [5.41, 5.74) is 0.786. The zero-order valence-electron chi connectivity index (χ0n) is 13.5. The fourth-order valence-corrected chi connectivity index (χ4v) is 3.08. The van der Waals surface area contributed by atoms with Gasteiger partial charge in [-0.05, 0) is 26.3 Å². The van der Waals surface area contributed by atoms with Crippen LogP contribution in [0.2, 0.25) is 0 Å². The SMILES string of the molecule is CC(C)(C)OC(=O)N1O[C@H]2C[C@@H]1CN(Cc1ccccc1)C2. The first-order valence-corrected chi connectivity index (χ1v) is 7.86. The summed E-state index contributed by atoms with van der Waals surface area (Å²) in [5.74, 6) is 0. The number of amides is 1. The Bertz CT molecular complexity index is 526. The van der Waals surface area contributed by atoms with Crippen LogP contribution in [0.5, 0.6) is 0 Å². The van der Waals surface area contributed by atoms with E-state index < -0.39 is 5.60 Å². The molecule has 2 saturated heterocycles. The molecule has 2 heterocycles. The number of carbonyl (C=O) groups excluding carboxylic acids is 1. The van der Waals surface area contributed by atoms with Crippen LogP contribution in [-0.2, 0) is 16.1 Å². The summed E-state index contributed by atoms with van der Waals surface area (Å²) in [5, 5.41) is 1.45. The van der Waals surface area contributed by atoms with Crippen LogP contribution in [-0.4, -0.2) is 46.9 Å². The highest BCUT2D eigenvalue weighted by molar-refractivity contribution is 5.67. The second-order valence-electron chi connectivity index (χ2n) is 7.10. The molecule has 2 aliphatic heterocycles. The molecule has 5 nitrogen and oxygen atoms in total. The maximum Gasteiger partial charge on any atom is 0.434 e. The summed E-state index contributed by atoms with van der Waals surface area (Å²) in [6.07, 6.45) is 0.599. The van der Waals surface area contributed by atoms with E-state index in [4.69, 9.17) is 9.57 Å². The summed E-state index contributed by atoms with van der Waals surface area (Å²) in [6.45, 7) is 8.17. The molecule has 2 aliphatic rings. The van der Waals surface area contributed by atoms with Crippen molar-refractivity contribution in [3.05, 3.63) is 35.9 Å². The Labute approximate surface area is 131 Å². The zero-order chi connectivity index (χ0) is 15.7. The van der Waals surface area contributed by atoms with E-state index in [-0.39, 0.29) is 18.2 Å². The Hall–Kier alpha value is -1.59. The summed E-state index contributed by atoms with van der Waals surface area (Å²) >= 11 is 0. The van der Waals surface area contributed by atoms with Gasteiger partial charge in [-0.2, -0.15) is 5.06 Å². The molecular weight excluding hydrogens is 280 g/mol. The lowest BCUT2D eigenvalue weighted by atomic mass is 10.0. The molecule has 1 aromatic carbocycles. The number of hydroxylamine groups is 2. The minimum atomic E-state index is -0.499. The van der Waals surface area contributed by atoms with E-state index in [1.807, 2.05) is 26.8 Å². The highest BCUT2D eigenvalue weighted by Crippen LogP contribution is 2.29. The number of benzene rings is 1. The second-order valence-corrected chi connectivity index (χ2v) is 7.10. The van der Waals surface area contributed by atoms with Crippen molar-refractivity contribution in [2.24, 2.45) is 0 Å². The fourth-order valence-electron chi connectivity index (χ4n) is 3.08. The Morgan fingerprint density at radius 1 is 1.27 bits per heavy atom. The smallest absolute Gasteiger partial charge is 0.434 e. The van der Waals surface area contributed by atoms with Gasteiger partial charge in [0.1, 0.15) is 11.7 Å². The van der Waals surface area contributed by atoms with Crippen molar-refractivity contribution in [1.29, 1.82) is 0 Å². The van der Waals surface area contributed by atoms with Crippen molar-refractivity contribution >= 4 is 6.09 Å². The predicted octanol–water partition coefficient (Wildman–Crippen LogP) is 2.81. The van der Waals surface area contributed by atoms with E-state index in [0.717, 1.165) is 26.1 Å². The van der Waals surface area contributed by atoms with E-state index in [1.54, 1.807) is 0 Å². The molecule has 5 heteroatoms. The molecule has 2 fully saturated rings. The zero-order valence-corrected chi connectivity index (χ0v) is 13.5. The van der Waals surface area contributed by atoms with Crippen LogP contribution in [0.25, 0.3) is 0 Å². The third kappa shape index (κ3) is 3.59. The van der Waals surface area contributed by atoms with Crippen molar-refractivity contribution in [1.82, 2.24) is 9.96 Å². The highest BCUT2D eigenvalue weighted by Gasteiger charge is 2.44. The number of ether oxygens (including phenoxy) is 1. The topological polar surface area (TPSA) is 42.0 Å². The molecule has 0 aliphatic carbocycles. The van der Waals surface area contributed by atoms with Gasteiger partial charge in [-0.3, -0.25) is 9.74 Å². The second kappa shape index (κ2) is 5.89. The molecule has 0 unspecified atom stereocenters. The standard InChI is InChI=1S/C17H24N2O3/c1-17(2,3)21-16(20)19-14-9-15(22-19)12-18(11-14)10-13-7-5-4-6-8-13/h4-8,14-15H,9-12H2,1-3H3/t14-,15+/m1/s1. The molecule has 2 bridgehead atoms. The number of rotatable bonds is 2. The van der Waals surface area contributed by atoms with Gasteiger partial charge in [0.25, 0.3) is 0 Å². The van der Waals surface area contributed by atoms with Crippen molar-refractivity contribution in [3.63, 3.8) is 0 Å². The lowest BCUT2D eigenvalue weighted by molar-refractivity contribution is -0.141. The van der Waals surface area contributed by atoms with Crippen LogP contribution in [0.1, 0.15) is 32.8 Å². The van der Waals surface area contributed by atoms with Gasteiger partial charge in [-0.15, -0.1) is 0 Å². The normalized spacial score (nSPS) is 25.3. The van der Waals surface area contributed by atoms with Crippen molar-refractivity contribution < 1.29 is 14.4 Å². The summed E-state index contributed by atoms with van der Waals surface area (Å²) < 4.78 is 5.43. The van der Waals surface area contributed by atoms with Crippen LogP contribution >= 0.6 is 0 Å². The number of carbonyl (C=O) groups is 1. The van der Waals surface area contributed by atoms with E-state index >= 15 is 0 Å². The molecule has 0 aromatic heterocycles. The molecular formula is C17H24N2O3. The van der Waals surface area contributed by atoms with Gasteiger partial charge >= 0.3 is 6.09 Å². The number of likely N-dealkylation sites (tertiary alicyclic amines) is 1. The van der Waals surface area contributed by atoms with Crippen LogP contribution in [0, 0.1) is 0 Å². The van der Waals surface area contributed by atoms with Crippen molar-refractivity contribution in [3.8, 4) is 0 Å². The lowest BCUT2D eigenvalue weighted by Gasteiger charge is -2.30. The average molecular weight is 304 g/mol. The Kier molecular flexibility index (Phi) is 4.10. The third-order valence-electron chi connectivity index (χ3n) is 3.88. The van der Waals surface area contributed by atoms with E-state index in [1.165, 1.54) is 10.6 Å². The van der Waals surface area contributed by atoms with Crippen LogP contribution in [0.15, 0.2) is 30.3 Å². The quantitative estimate of drug-likeness (QED) is 0.842. The molecule has 3 rings (SSSR count). The van der Waals surface area contributed by atoms with Gasteiger partial charge < -0.3 is 4.74 Å². The lowest BCUT2D eigenvalue weighted by Crippen LogP contribution is -2.45. The van der Waals surface area contributed by atoms with E-state index in [2.05, 4.69) is 29.2 Å². The summed E-state index contributed by atoms with van der Waals surface area (Å²) in [7, 11) is 0. The summed E-state index contributed by atoms with van der Waals surface area (Å²) in [4.78, 5) is 20.4. The van der Waals surface area contributed by atoms with E-state index in [0.29, 0.717) is 0 Å². The molecule has 120 valence electrons. The molecule has 0 spiro atoms. The van der Waals surface area contributed by atoms with E-state index in [9.17, 15) is 4.79 Å². The Balaban J connectivity index is 1.61. The number of hydrogen-bond acceptors (Lipinski definition) is 4. The number of piperidine rings is 1. The molecule has 1 amide bonds. The predicted molar refractivity (Wildman–Crippen MR) is 83.1 cm³/mol. The highest BCUT2D eigenvalue weighted by atomic mass is 16.7. The van der Waals surface area contributed by atoms with Gasteiger partial charge in [-0.25, -0.2) is 4.79 Å².